The van der Waals surface area contributed by atoms with Crippen LogP contribution in [0.2, 0.25) is 0 Å². The van der Waals surface area contributed by atoms with Crippen molar-refractivity contribution in [3.05, 3.63) is 12.2 Å². The number of fused-ring (bicyclic) bond motifs is 5. The van der Waals surface area contributed by atoms with Gasteiger partial charge in [-0.2, -0.15) is 5.10 Å². The summed E-state index contributed by atoms with van der Waals surface area (Å²) in [4.78, 5) is 4.41. The van der Waals surface area contributed by atoms with Crippen LogP contribution in [-0.4, -0.2) is 27.4 Å². The molecule has 3 saturated carbocycles. The summed E-state index contributed by atoms with van der Waals surface area (Å²) < 4.78 is 1.93. The molecule has 0 aliphatic heterocycles. The van der Waals surface area contributed by atoms with E-state index in [0.717, 1.165) is 48.4 Å². The summed E-state index contributed by atoms with van der Waals surface area (Å²) in [5.41, 5.74) is 0. The van der Waals surface area contributed by atoms with E-state index in [0.29, 0.717) is 6.04 Å². The highest BCUT2D eigenvalue weighted by atomic mass is 15.3. The number of likely N-dealkylation sites (N-methyl/N-ethyl adjacent to an activating group) is 1. The summed E-state index contributed by atoms with van der Waals surface area (Å²) in [7, 11) is 2.00. The first kappa shape index (κ1) is 11.9. The second-order valence-electron chi connectivity index (χ2n) is 6.73. The van der Waals surface area contributed by atoms with E-state index in [1.54, 1.807) is 6.33 Å². The van der Waals surface area contributed by atoms with E-state index in [1.807, 2.05) is 11.7 Å². The molecule has 0 radical (unpaired) electrons. The number of hydrogen-bond acceptors (Lipinski definition) is 3. The van der Waals surface area contributed by atoms with E-state index in [2.05, 4.69) is 22.3 Å². The third-order valence-corrected chi connectivity index (χ3v) is 5.93. The number of rotatable bonds is 5. The van der Waals surface area contributed by atoms with Crippen LogP contribution in [0.1, 0.15) is 32.0 Å². The molecule has 19 heavy (non-hydrogen) atoms. The first-order valence-electron chi connectivity index (χ1n) is 7.85. The monoisotopic (exact) mass is 260 g/mol. The summed E-state index contributed by atoms with van der Waals surface area (Å²) in [5, 5.41) is 7.93. The Hall–Kier alpha value is -0.900. The highest BCUT2D eigenvalue weighted by molar-refractivity contribution is 5.16. The molecule has 2 bridgehead atoms. The largest absolute Gasteiger partial charge is 0.314 e. The molecule has 3 aliphatic rings. The van der Waals surface area contributed by atoms with Gasteiger partial charge in [-0.05, 0) is 55.4 Å². The molecule has 4 rings (SSSR count). The molecule has 4 nitrogen and oxygen atoms in total. The fourth-order valence-corrected chi connectivity index (χ4v) is 5.24. The Balaban J connectivity index is 1.49. The van der Waals surface area contributed by atoms with Crippen LogP contribution in [0.25, 0.3) is 0 Å². The Morgan fingerprint density at radius 1 is 1.37 bits per heavy atom. The molecule has 0 aromatic carbocycles. The lowest BCUT2D eigenvalue weighted by Crippen LogP contribution is -2.36. The molecule has 3 aliphatic carbocycles. The minimum Gasteiger partial charge on any atom is -0.314 e. The lowest BCUT2D eigenvalue weighted by Gasteiger charge is -2.21. The van der Waals surface area contributed by atoms with Gasteiger partial charge in [0.05, 0.1) is 0 Å². The minimum absolute atomic E-state index is 0.617. The highest BCUT2D eigenvalue weighted by Crippen LogP contribution is 2.70. The summed E-state index contributed by atoms with van der Waals surface area (Å²) in [5.74, 6) is 6.24. The quantitative estimate of drug-likeness (QED) is 0.875. The fourth-order valence-electron chi connectivity index (χ4n) is 5.24. The zero-order valence-corrected chi connectivity index (χ0v) is 11.9. The van der Waals surface area contributed by atoms with Crippen LogP contribution in [-0.2, 0) is 13.5 Å². The van der Waals surface area contributed by atoms with E-state index >= 15 is 0 Å². The maximum absolute atomic E-state index is 4.41. The van der Waals surface area contributed by atoms with E-state index in [-0.39, 0.29) is 0 Å². The van der Waals surface area contributed by atoms with Crippen molar-refractivity contribution in [2.75, 3.05) is 6.54 Å². The SMILES string of the molecule is CCNC(Cc1ncnn1C)C1C2C3CCC(C3)C21. The van der Waals surface area contributed by atoms with Crippen molar-refractivity contribution in [3.8, 4) is 0 Å². The van der Waals surface area contributed by atoms with Gasteiger partial charge in [-0.1, -0.05) is 6.92 Å². The minimum atomic E-state index is 0.617. The molecule has 1 aromatic rings. The van der Waals surface area contributed by atoms with Gasteiger partial charge in [0.25, 0.3) is 0 Å². The third kappa shape index (κ3) is 1.76. The number of aryl methyl sites for hydroxylation is 1. The van der Waals surface area contributed by atoms with Crippen LogP contribution < -0.4 is 5.32 Å². The van der Waals surface area contributed by atoms with Gasteiger partial charge in [-0.3, -0.25) is 4.68 Å². The Morgan fingerprint density at radius 2 is 2.11 bits per heavy atom. The molecule has 4 heteroatoms. The Kier molecular flexibility index (Phi) is 2.69. The van der Waals surface area contributed by atoms with Crippen LogP contribution in [0.5, 0.6) is 0 Å². The lowest BCUT2D eigenvalue weighted by atomic mass is 9.95. The average Bonchev–Trinajstić information content (AvgIpc) is 2.74. The molecule has 0 spiro atoms. The summed E-state index contributed by atoms with van der Waals surface area (Å²) in [6.07, 6.45) is 7.27. The van der Waals surface area contributed by atoms with Crippen LogP contribution in [0.3, 0.4) is 0 Å². The maximum Gasteiger partial charge on any atom is 0.138 e. The topological polar surface area (TPSA) is 42.7 Å². The second-order valence-corrected chi connectivity index (χ2v) is 6.73. The van der Waals surface area contributed by atoms with E-state index in [9.17, 15) is 0 Å². The van der Waals surface area contributed by atoms with Gasteiger partial charge >= 0.3 is 0 Å². The average molecular weight is 260 g/mol. The van der Waals surface area contributed by atoms with Gasteiger partial charge in [0.1, 0.15) is 12.2 Å². The van der Waals surface area contributed by atoms with Gasteiger partial charge in [-0.15, -0.1) is 0 Å². The lowest BCUT2D eigenvalue weighted by molar-refractivity contribution is 0.359. The van der Waals surface area contributed by atoms with Crippen LogP contribution in [0, 0.1) is 29.6 Å². The molecule has 0 saturated heterocycles. The molecule has 1 heterocycles. The van der Waals surface area contributed by atoms with Gasteiger partial charge < -0.3 is 5.32 Å². The van der Waals surface area contributed by atoms with Crippen molar-refractivity contribution in [1.29, 1.82) is 0 Å². The maximum atomic E-state index is 4.41. The van der Waals surface area contributed by atoms with Crippen LogP contribution in [0.15, 0.2) is 6.33 Å². The molecule has 5 atom stereocenters. The van der Waals surface area contributed by atoms with Crippen molar-refractivity contribution in [3.63, 3.8) is 0 Å². The van der Waals surface area contributed by atoms with Gasteiger partial charge in [0, 0.05) is 19.5 Å². The smallest absolute Gasteiger partial charge is 0.138 e. The molecule has 0 amide bonds. The summed E-state index contributed by atoms with van der Waals surface area (Å²) >= 11 is 0. The van der Waals surface area contributed by atoms with Crippen LogP contribution >= 0.6 is 0 Å². The predicted molar refractivity (Wildman–Crippen MR) is 73.5 cm³/mol. The normalized spacial score (nSPS) is 40.4. The first-order valence-corrected chi connectivity index (χ1v) is 7.85. The van der Waals surface area contributed by atoms with Gasteiger partial charge in [-0.25, -0.2) is 4.98 Å². The molecule has 104 valence electrons. The fraction of sp³-hybridized carbons (Fsp3) is 0.867. The summed E-state index contributed by atoms with van der Waals surface area (Å²) in [6, 6.07) is 0.617. The molecular weight excluding hydrogens is 236 g/mol. The summed E-state index contributed by atoms with van der Waals surface area (Å²) in [6.45, 7) is 3.28. The number of nitrogens with one attached hydrogen (secondary N) is 1. The number of hydrogen-bond donors (Lipinski definition) is 1. The third-order valence-electron chi connectivity index (χ3n) is 5.93. The first-order chi connectivity index (χ1) is 9.29. The van der Waals surface area contributed by atoms with Crippen LogP contribution in [0.4, 0.5) is 0 Å². The van der Waals surface area contributed by atoms with Crippen molar-refractivity contribution in [2.45, 2.75) is 38.6 Å². The molecule has 1 N–H and O–H groups in total. The zero-order valence-electron chi connectivity index (χ0n) is 11.9. The highest BCUT2D eigenvalue weighted by Gasteiger charge is 2.66. The predicted octanol–water partition coefficient (Wildman–Crippen LogP) is 1.63. The van der Waals surface area contributed by atoms with Gasteiger partial charge in [0.2, 0.25) is 0 Å². The number of nitrogens with zero attached hydrogens (tertiary/aromatic N) is 3. The zero-order chi connectivity index (χ0) is 13.0. The van der Waals surface area contributed by atoms with Crippen molar-refractivity contribution < 1.29 is 0 Å². The molecular formula is C15H24N4. The Labute approximate surface area is 115 Å². The number of aromatic nitrogens is 3. The van der Waals surface area contributed by atoms with E-state index in [4.69, 9.17) is 0 Å². The molecule has 3 fully saturated rings. The van der Waals surface area contributed by atoms with Gasteiger partial charge in [0.15, 0.2) is 0 Å². The van der Waals surface area contributed by atoms with Crippen molar-refractivity contribution >= 4 is 0 Å². The Morgan fingerprint density at radius 3 is 2.68 bits per heavy atom. The van der Waals surface area contributed by atoms with Crippen molar-refractivity contribution in [1.82, 2.24) is 20.1 Å². The standard InChI is InChI=1S/C15H24N4/c1-3-16-11(7-12-17-8-18-19(12)2)15-13-9-4-5-10(6-9)14(13)15/h8-11,13-16H,3-7H2,1-2H3. The Bertz CT molecular complexity index is 452. The van der Waals surface area contributed by atoms with E-state index < -0.39 is 0 Å². The molecule has 5 unspecified atom stereocenters. The molecule has 1 aromatic heterocycles. The van der Waals surface area contributed by atoms with E-state index in [1.165, 1.54) is 19.3 Å². The van der Waals surface area contributed by atoms with Crippen molar-refractivity contribution in [2.24, 2.45) is 36.6 Å². The second kappa shape index (κ2) is 4.30.